The number of hydrogen-bond acceptors (Lipinski definition) is 4. The first-order chi connectivity index (χ1) is 8.31. The Morgan fingerprint density at radius 2 is 2.35 bits per heavy atom. The van der Waals surface area contributed by atoms with Gasteiger partial charge in [0, 0.05) is 55.3 Å². The summed E-state index contributed by atoms with van der Waals surface area (Å²) in [5.74, 6) is 0.868. The third kappa shape index (κ3) is 2.19. The van der Waals surface area contributed by atoms with Crippen LogP contribution in [0.4, 0.5) is 0 Å². The molecule has 0 atom stereocenters. The highest BCUT2D eigenvalue weighted by molar-refractivity contribution is 5.20. The van der Waals surface area contributed by atoms with Crippen molar-refractivity contribution in [3.8, 4) is 0 Å². The van der Waals surface area contributed by atoms with Crippen molar-refractivity contribution in [1.82, 2.24) is 25.1 Å². The fourth-order valence-electron chi connectivity index (χ4n) is 2.23. The molecule has 1 N–H and O–H groups in total. The van der Waals surface area contributed by atoms with E-state index in [9.17, 15) is 0 Å². The summed E-state index contributed by atoms with van der Waals surface area (Å²) in [5.41, 5.74) is 3.69. The lowest BCUT2D eigenvalue weighted by atomic mass is 10.1. The lowest BCUT2D eigenvalue weighted by Gasteiger charge is -2.27. The summed E-state index contributed by atoms with van der Waals surface area (Å²) in [6.45, 7) is 4.86. The predicted molar refractivity (Wildman–Crippen MR) is 63.2 cm³/mol. The molecule has 88 valence electrons. The number of aromatic amines is 1. The van der Waals surface area contributed by atoms with Gasteiger partial charge in [0.05, 0.1) is 6.20 Å². The van der Waals surface area contributed by atoms with Gasteiger partial charge < -0.3 is 0 Å². The van der Waals surface area contributed by atoms with Crippen LogP contribution >= 0.6 is 0 Å². The van der Waals surface area contributed by atoms with Crippen LogP contribution in [0.3, 0.4) is 0 Å². The van der Waals surface area contributed by atoms with Crippen LogP contribution in [0.1, 0.15) is 22.6 Å². The summed E-state index contributed by atoms with van der Waals surface area (Å²) in [4.78, 5) is 11.2. The van der Waals surface area contributed by atoms with Gasteiger partial charge in [0.25, 0.3) is 0 Å². The zero-order valence-electron chi connectivity index (χ0n) is 9.85. The zero-order valence-corrected chi connectivity index (χ0v) is 9.85. The largest absolute Gasteiger partial charge is 0.294 e. The topological polar surface area (TPSA) is 57.7 Å². The van der Waals surface area contributed by atoms with Gasteiger partial charge in [0.2, 0.25) is 0 Å². The molecular formula is C12H15N5. The van der Waals surface area contributed by atoms with Crippen molar-refractivity contribution in [1.29, 1.82) is 0 Å². The molecule has 0 amide bonds. The Hall–Kier alpha value is -1.75. The SMILES string of the molecule is Cc1ncc2c(n1)CCN(Cc1cn[nH]c1)C2. The molecule has 1 aliphatic rings. The maximum Gasteiger partial charge on any atom is 0.125 e. The van der Waals surface area contributed by atoms with Crippen LogP contribution < -0.4 is 0 Å². The summed E-state index contributed by atoms with van der Waals surface area (Å²) in [7, 11) is 0. The number of H-pyrrole nitrogens is 1. The summed E-state index contributed by atoms with van der Waals surface area (Å²) in [6, 6.07) is 0. The van der Waals surface area contributed by atoms with Gasteiger partial charge in [-0.2, -0.15) is 5.10 Å². The molecule has 2 aromatic rings. The monoisotopic (exact) mass is 229 g/mol. The molecule has 1 aliphatic heterocycles. The Balaban J connectivity index is 1.74. The van der Waals surface area contributed by atoms with Gasteiger partial charge in [-0.05, 0) is 6.92 Å². The Kier molecular flexibility index (Phi) is 2.60. The second-order valence-electron chi connectivity index (χ2n) is 4.46. The van der Waals surface area contributed by atoms with E-state index < -0.39 is 0 Å². The lowest BCUT2D eigenvalue weighted by Crippen LogP contribution is -2.30. The Bertz CT molecular complexity index is 506. The molecule has 0 aromatic carbocycles. The molecule has 3 rings (SSSR count). The maximum absolute atomic E-state index is 4.49. The van der Waals surface area contributed by atoms with Gasteiger partial charge in [-0.1, -0.05) is 0 Å². The van der Waals surface area contributed by atoms with Crippen molar-refractivity contribution in [2.75, 3.05) is 6.54 Å². The molecule has 0 spiro atoms. The first kappa shape index (κ1) is 10.4. The van der Waals surface area contributed by atoms with E-state index in [-0.39, 0.29) is 0 Å². The maximum atomic E-state index is 4.49. The van der Waals surface area contributed by atoms with E-state index in [1.54, 1.807) is 0 Å². The van der Waals surface area contributed by atoms with Crippen LogP contribution in [0, 0.1) is 6.92 Å². The first-order valence-electron chi connectivity index (χ1n) is 5.82. The Labute approximate surface area is 99.9 Å². The van der Waals surface area contributed by atoms with E-state index in [4.69, 9.17) is 0 Å². The van der Waals surface area contributed by atoms with E-state index in [0.29, 0.717) is 0 Å². The van der Waals surface area contributed by atoms with Gasteiger partial charge in [0.1, 0.15) is 5.82 Å². The van der Waals surface area contributed by atoms with Gasteiger partial charge >= 0.3 is 0 Å². The second kappa shape index (κ2) is 4.25. The molecule has 2 aromatic heterocycles. The molecule has 0 aliphatic carbocycles. The van der Waals surface area contributed by atoms with Crippen LogP contribution in [-0.4, -0.2) is 31.6 Å². The van der Waals surface area contributed by atoms with Crippen molar-refractivity contribution >= 4 is 0 Å². The third-order valence-corrected chi connectivity index (χ3v) is 3.09. The van der Waals surface area contributed by atoms with Crippen LogP contribution in [0.2, 0.25) is 0 Å². The molecule has 0 fully saturated rings. The summed E-state index contributed by atoms with van der Waals surface area (Å²) in [6.07, 6.45) is 6.79. The average Bonchev–Trinajstić information content (AvgIpc) is 2.82. The third-order valence-electron chi connectivity index (χ3n) is 3.09. The number of hydrogen-bond donors (Lipinski definition) is 1. The van der Waals surface area contributed by atoms with Gasteiger partial charge in [-0.3, -0.25) is 10.00 Å². The van der Waals surface area contributed by atoms with Crippen LogP contribution in [0.25, 0.3) is 0 Å². The van der Waals surface area contributed by atoms with E-state index in [1.165, 1.54) is 16.8 Å². The minimum absolute atomic E-state index is 0.868. The quantitative estimate of drug-likeness (QED) is 0.836. The van der Waals surface area contributed by atoms with Gasteiger partial charge in [-0.15, -0.1) is 0 Å². The average molecular weight is 229 g/mol. The molecule has 5 heteroatoms. The number of aryl methyl sites for hydroxylation is 1. The molecule has 0 saturated carbocycles. The molecule has 3 heterocycles. The summed E-state index contributed by atoms with van der Waals surface area (Å²) in [5, 5.41) is 6.81. The molecule has 5 nitrogen and oxygen atoms in total. The highest BCUT2D eigenvalue weighted by Crippen LogP contribution is 2.17. The fraction of sp³-hybridized carbons (Fsp3) is 0.417. The molecule has 0 unspecified atom stereocenters. The van der Waals surface area contributed by atoms with E-state index in [0.717, 1.165) is 31.9 Å². The highest BCUT2D eigenvalue weighted by atomic mass is 15.1. The van der Waals surface area contributed by atoms with Crippen LogP contribution in [-0.2, 0) is 19.5 Å². The number of rotatable bonds is 2. The van der Waals surface area contributed by atoms with E-state index >= 15 is 0 Å². The van der Waals surface area contributed by atoms with Gasteiger partial charge in [0.15, 0.2) is 0 Å². The predicted octanol–water partition coefficient (Wildman–Crippen LogP) is 1.07. The van der Waals surface area contributed by atoms with Crippen molar-refractivity contribution < 1.29 is 0 Å². The molecular weight excluding hydrogens is 214 g/mol. The normalized spacial score (nSPS) is 15.8. The molecule has 17 heavy (non-hydrogen) atoms. The summed E-state index contributed by atoms with van der Waals surface area (Å²) < 4.78 is 0. The standard InChI is InChI=1S/C12H15N5/c1-9-13-6-11-8-17(3-2-12(11)16-9)7-10-4-14-15-5-10/h4-6H,2-3,7-8H2,1H3,(H,14,15). The summed E-state index contributed by atoms with van der Waals surface area (Å²) >= 11 is 0. The first-order valence-corrected chi connectivity index (χ1v) is 5.82. The fourth-order valence-corrected chi connectivity index (χ4v) is 2.23. The Morgan fingerprint density at radius 3 is 3.18 bits per heavy atom. The van der Waals surface area contributed by atoms with Crippen molar-refractivity contribution in [2.24, 2.45) is 0 Å². The van der Waals surface area contributed by atoms with E-state index in [2.05, 4.69) is 25.1 Å². The van der Waals surface area contributed by atoms with Crippen molar-refractivity contribution in [2.45, 2.75) is 26.4 Å². The number of aromatic nitrogens is 4. The van der Waals surface area contributed by atoms with E-state index in [1.807, 2.05) is 25.5 Å². The Morgan fingerprint density at radius 1 is 1.41 bits per heavy atom. The van der Waals surface area contributed by atoms with Gasteiger partial charge in [-0.25, -0.2) is 9.97 Å². The number of fused-ring (bicyclic) bond motifs is 1. The minimum atomic E-state index is 0.868. The van der Waals surface area contributed by atoms with Crippen LogP contribution in [0.5, 0.6) is 0 Å². The van der Waals surface area contributed by atoms with Crippen molar-refractivity contribution in [3.05, 3.63) is 41.2 Å². The smallest absolute Gasteiger partial charge is 0.125 e. The molecule has 0 bridgehead atoms. The number of nitrogens with zero attached hydrogens (tertiary/aromatic N) is 4. The molecule has 0 saturated heterocycles. The van der Waals surface area contributed by atoms with Crippen LogP contribution in [0.15, 0.2) is 18.6 Å². The van der Waals surface area contributed by atoms with Crippen molar-refractivity contribution in [3.63, 3.8) is 0 Å². The number of nitrogens with one attached hydrogen (secondary N) is 1. The minimum Gasteiger partial charge on any atom is -0.294 e. The highest BCUT2D eigenvalue weighted by Gasteiger charge is 2.18. The molecule has 0 radical (unpaired) electrons. The zero-order chi connectivity index (χ0) is 11.7. The lowest BCUT2D eigenvalue weighted by molar-refractivity contribution is 0.242. The second-order valence-corrected chi connectivity index (χ2v) is 4.46.